The molecule has 17 heavy (non-hydrogen) atoms. The molecule has 4 heteroatoms. The average molecular weight is 253 g/mol. The Hall–Kier alpha value is -1.06. The highest BCUT2D eigenvalue weighted by Gasteiger charge is 2.15. The fourth-order valence-corrected chi connectivity index (χ4v) is 2.25. The molecule has 92 valence electrons. The molecule has 0 radical (unpaired) electrons. The second-order valence-electron chi connectivity index (χ2n) is 4.50. The smallest absolute Gasteiger partial charge is 0.176 e. The summed E-state index contributed by atoms with van der Waals surface area (Å²) in [4.78, 5) is 14.2. The zero-order valence-corrected chi connectivity index (χ0v) is 10.5. The van der Waals surface area contributed by atoms with Crippen molar-refractivity contribution < 1.29 is 4.79 Å². The molecule has 0 spiro atoms. The van der Waals surface area contributed by atoms with E-state index in [0.29, 0.717) is 22.8 Å². The van der Waals surface area contributed by atoms with Gasteiger partial charge in [-0.2, -0.15) is 0 Å². The van der Waals surface area contributed by atoms with Gasteiger partial charge in [0.05, 0.1) is 17.3 Å². The van der Waals surface area contributed by atoms with Gasteiger partial charge in [-0.3, -0.25) is 9.69 Å². The minimum absolute atomic E-state index is 0.121. The van der Waals surface area contributed by atoms with Crippen LogP contribution in [0.1, 0.15) is 29.6 Å². The molecule has 0 atom stereocenters. The van der Waals surface area contributed by atoms with Crippen LogP contribution in [0.25, 0.3) is 0 Å². The van der Waals surface area contributed by atoms with Gasteiger partial charge in [0.2, 0.25) is 0 Å². The molecule has 1 heterocycles. The molecule has 0 saturated carbocycles. The van der Waals surface area contributed by atoms with Gasteiger partial charge in [0.15, 0.2) is 5.78 Å². The number of likely N-dealkylation sites (tertiary alicyclic amines) is 1. The zero-order chi connectivity index (χ0) is 12.3. The highest BCUT2D eigenvalue weighted by atomic mass is 35.5. The van der Waals surface area contributed by atoms with E-state index in [9.17, 15) is 4.79 Å². The summed E-state index contributed by atoms with van der Waals surface area (Å²) in [5, 5.41) is 0.500. The molecule has 0 bridgehead atoms. The molecule has 1 aromatic rings. The highest BCUT2D eigenvalue weighted by molar-refractivity contribution is 6.33. The predicted octanol–water partition coefficient (Wildman–Crippen LogP) is 2.59. The third-order valence-corrected chi connectivity index (χ3v) is 3.48. The normalized spacial score (nSPS) is 17.0. The number of nitrogen functional groups attached to an aromatic ring is 1. The van der Waals surface area contributed by atoms with E-state index in [1.165, 1.54) is 19.3 Å². The number of hydrogen-bond donors (Lipinski definition) is 1. The first-order chi connectivity index (χ1) is 8.16. The molecule has 1 aliphatic heterocycles. The van der Waals surface area contributed by atoms with Gasteiger partial charge in [-0.15, -0.1) is 0 Å². The maximum absolute atomic E-state index is 12.0. The molecule has 1 aromatic carbocycles. The summed E-state index contributed by atoms with van der Waals surface area (Å²) >= 11 is 5.83. The van der Waals surface area contributed by atoms with Crippen molar-refractivity contribution in [2.24, 2.45) is 0 Å². The first kappa shape index (κ1) is 12.4. The van der Waals surface area contributed by atoms with Crippen LogP contribution in [0.5, 0.6) is 0 Å². The Balaban J connectivity index is 2.01. The van der Waals surface area contributed by atoms with Crippen LogP contribution in [0.15, 0.2) is 18.2 Å². The summed E-state index contributed by atoms with van der Waals surface area (Å²) in [6.45, 7) is 2.53. The molecule has 1 saturated heterocycles. The third-order valence-electron chi connectivity index (χ3n) is 3.13. The SMILES string of the molecule is Nc1cc(C(=O)CN2CCCCC2)ccc1Cl. The van der Waals surface area contributed by atoms with E-state index in [4.69, 9.17) is 17.3 Å². The van der Waals surface area contributed by atoms with Crippen molar-refractivity contribution in [3.63, 3.8) is 0 Å². The Bertz CT molecular complexity index is 414. The summed E-state index contributed by atoms with van der Waals surface area (Å²) in [5.41, 5.74) is 6.81. The van der Waals surface area contributed by atoms with Crippen LogP contribution in [-0.2, 0) is 0 Å². The Labute approximate surface area is 107 Å². The second-order valence-corrected chi connectivity index (χ2v) is 4.90. The maximum Gasteiger partial charge on any atom is 0.176 e. The number of Topliss-reactive ketones (excluding diaryl/α,β-unsaturated/α-hetero) is 1. The number of hydrogen-bond acceptors (Lipinski definition) is 3. The van der Waals surface area contributed by atoms with Gasteiger partial charge >= 0.3 is 0 Å². The molecule has 1 aliphatic rings. The summed E-state index contributed by atoms with van der Waals surface area (Å²) in [6, 6.07) is 5.08. The highest BCUT2D eigenvalue weighted by Crippen LogP contribution is 2.20. The number of piperidine rings is 1. The van der Waals surface area contributed by atoms with Crippen molar-refractivity contribution in [3.05, 3.63) is 28.8 Å². The molecule has 0 amide bonds. The van der Waals surface area contributed by atoms with Crippen LogP contribution in [-0.4, -0.2) is 30.3 Å². The van der Waals surface area contributed by atoms with Crippen molar-refractivity contribution >= 4 is 23.1 Å². The zero-order valence-electron chi connectivity index (χ0n) is 9.79. The maximum atomic E-state index is 12.0. The summed E-state index contributed by atoms with van der Waals surface area (Å²) in [5.74, 6) is 0.121. The molecule has 0 aromatic heterocycles. The van der Waals surface area contributed by atoms with Gasteiger partial charge in [-0.25, -0.2) is 0 Å². The predicted molar refractivity (Wildman–Crippen MR) is 70.5 cm³/mol. The van der Waals surface area contributed by atoms with Crippen molar-refractivity contribution in [3.8, 4) is 0 Å². The Morgan fingerprint density at radius 2 is 2.00 bits per heavy atom. The van der Waals surface area contributed by atoms with E-state index < -0.39 is 0 Å². The lowest BCUT2D eigenvalue weighted by molar-refractivity contribution is 0.0916. The van der Waals surface area contributed by atoms with E-state index in [1.54, 1.807) is 18.2 Å². The lowest BCUT2D eigenvalue weighted by Crippen LogP contribution is -2.34. The molecule has 3 nitrogen and oxygen atoms in total. The fraction of sp³-hybridized carbons (Fsp3) is 0.462. The number of nitrogens with zero attached hydrogens (tertiary/aromatic N) is 1. The number of rotatable bonds is 3. The van der Waals surface area contributed by atoms with Crippen LogP contribution >= 0.6 is 11.6 Å². The quantitative estimate of drug-likeness (QED) is 0.664. The van der Waals surface area contributed by atoms with Crippen LogP contribution < -0.4 is 5.73 Å². The van der Waals surface area contributed by atoms with Crippen LogP contribution in [0, 0.1) is 0 Å². The number of benzene rings is 1. The molecule has 0 unspecified atom stereocenters. The minimum atomic E-state index is 0.121. The molecule has 2 N–H and O–H groups in total. The van der Waals surface area contributed by atoms with Gasteiger partial charge in [-0.05, 0) is 44.1 Å². The second kappa shape index (κ2) is 5.52. The minimum Gasteiger partial charge on any atom is -0.398 e. The summed E-state index contributed by atoms with van der Waals surface area (Å²) in [6.07, 6.45) is 3.66. The molecule has 2 rings (SSSR count). The molecule has 0 aliphatic carbocycles. The van der Waals surface area contributed by atoms with Crippen molar-refractivity contribution in [2.75, 3.05) is 25.4 Å². The fourth-order valence-electron chi connectivity index (χ4n) is 2.13. The number of ketones is 1. The van der Waals surface area contributed by atoms with Crippen molar-refractivity contribution in [1.82, 2.24) is 4.90 Å². The van der Waals surface area contributed by atoms with E-state index in [-0.39, 0.29) is 5.78 Å². The van der Waals surface area contributed by atoms with E-state index in [1.807, 2.05) is 0 Å². The van der Waals surface area contributed by atoms with E-state index in [0.717, 1.165) is 13.1 Å². The first-order valence-corrected chi connectivity index (χ1v) is 6.35. The number of nitrogens with two attached hydrogens (primary N) is 1. The van der Waals surface area contributed by atoms with Crippen LogP contribution in [0.4, 0.5) is 5.69 Å². The van der Waals surface area contributed by atoms with Crippen molar-refractivity contribution in [2.45, 2.75) is 19.3 Å². The molecular formula is C13H17ClN2O. The monoisotopic (exact) mass is 252 g/mol. The largest absolute Gasteiger partial charge is 0.398 e. The number of anilines is 1. The summed E-state index contributed by atoms with van der Waals surface area (Å²) < 4.78 is 0. The number of carbonyl (C=O) groups is 1. The van der Waals surface area contributed by atoms with Gasteiger partial charge in [-0.1, -0.05) is 18.0 Å². The third kappa shape index (κ3) is 3.20. The van der Waals surface area contributed by atoms with E-state index in [2.05, 4.69) is 4.90 Å². The Kier molecular flexibility index (Phi) is 4.02. The van der Waals surface area contributed by atoms with Crippen LogP contribution in [0.3, 0.4) is 0 Å². The topological polar surface area (TPSA) is 46.3 Å². The Morgan fingerprint density at radius 3 is 2.65 bits per heavy atom. The summed E-state index contributed by atoms with van der Waals surface area (Å²) in [7, 11) is 0. The number of halogens is 1. The van der Waals surface area contributed by atoms with Gasteiger partial charge in [0, 0.05) is 5.56 Å². The lowest BCUT2D eigenvalue weighted by atomic mass is 10.1. The van der Waals surface area contributed by atoms with Gasteiger partial charge in [0.25, 0.3) is 0 Å². The van der Waals surface area contributed by atoms with Gasteiger partial charge in [0.1, 0.15) is 0 Å². The molecule has 1 fully saturated rings. The standard InChI is InChI=1S/C13H17ClN2O/c14-11-5-4-10(8-12(11)15)13(17)9-16-6-2-1-3-7-16/h4-5,8H,1-3,6-7,9,15H2. The van der Waals surface area contributed by atoms with E-state index >= 15 is 0 Å². The average Bonchev–Trinajstić information content (AvgIpc) is 2.34. The van der Waals surface area contributed by atoms with Crippen LogP contribution in [0.2, 0.25) is 5.02 Å². The Morgan fingerprint density at radius 1 is 1.29 bits per heavy atom. The lowest BCUT2D eigenvalue weighted by Gasteiger charge is -2.25. The first-order valence-electron chi connectivity index (χ1n) is 5.97. The number of carbonyl (C=O) groups excluding carboxylic acids is 1. The molecular weight excluding hydrogens is 236 g/mol. The van der Waals surface area contributed by atoms with Gasteiger partial charge < -0.3 is 5.73 Å². The van der Waals surface area contributed by atoms with Crippen molar-refractivity contribution in [1.29, 1.82) is 0 Å².